The van der Waals surface area contributed by atoms with Gasteiger partial charge in [-0.15, -0.1) is 0 Å². The Morgan fingerprint density at radius 1 is 1.32 bits per heavy atom. The molecule has 2 atom stereocenters. The van der Waals surface area contributed by atoms with E-state index < -0.39 is 0 Å². The molecule has 1 aliphatic heterocycles. The van der Waals surface area contributed by atoms with E-state index >= 15 is 0 Å². The number of benzene rings is 1. The van der Waals surface area contributed by atoms with Gasteiger partial charge in [0.15, 0.2) is 0 Å². The molecule has 0 saturated carbocycles. The second-order valence-electron chi connectivity index (χ2n) is 6.86. The maximum atomic E-state index is 12.1. The third kappa shape index (κ3) is 7.26. The summed E-state index contributed by atoms with van der Waals surface area (Å²) in [5, 5.41) is 3.03. The number of carbonyl (C=O) groups is 2. The van der Waals surface area contributed by atoms with Crippen LogP contribution in [0.25, 0.3) is 0 Å². The van der Waals surface area contributed by atoms with Gasteiger partial charge in [0, 0.05) is 39.1 Å². The van der Waals surface area contributed by atoms with Crippen LogP contribution in [0, 0.1) is 0 Å². The lowest BCUT2D eigenvalue weighted by molar-refractivity contribution is -0.130. The average molecular weight is 346 g/mol. The second-order valence-corrected chi connectivity index (χ2v) is 6.86. The van der Waals surface area contributed by atoms with Crippen LogP contribution in [-0.2, 0) is 20.9 Å². The number of nitrogens with one attached hydrogen (secondary N) is 1. The maximum absolute atomic E-state index is 12.1. The van der Waals surface area contributed by atoms with Crippen LogP contribution in [0.1, 0.15) is 51.5 Å². The fourth-order valence-corrected chi connectivity index (χ4v) is 3.12. The Kier molecular flexibility index (Phi) is 7.92. The standard InChI is InChI=1S/C20H30N2O3/c1-16(10-11-19-9-6-14-25-19)21-20(24)12-13-22(17(2)23)15-18-7-4-3-5-8-18/h3-5,7-8,16,19H,6,9-15H2,1-2H3,(H,21,24)/t16-,19-/m1/s1. The second kappa shape index (κ2) is 10.2. The van der Waals surface area contributed by atoms with Crippen molar-refractivity contribution in [3.05, 3.63) is 35.9 Å². The molecule has 1 aliphatic rings. The van der Waals surface area contributed by atoms with Crippen molar-refractivity contribution >= 4 is 11.8 Å². The van der Waals surface area contributed by atoms with E-state index in [4.69, 9.17) is 4.74 Å². The lowest BCUT2D eigenvalue weighted by atomic mass is 10.1. The lowest BCUT2D eigenvalue weighted by Gasteiger charge is -2.22. The van der Waals surface area contributed by atoms with E-state index in [0.717, 1.165) is 37.9 Å². The third-order valence-electron chi connectivity index (χ3n) is 4.62. The Morgan fingerprint density at radius 3 is 2.72 bits per heavy atom. The average Bonchev–Trinajstić information content (AvgIpc) is 3.11. The fourth-order valence-electron chi connectivity index (χ4n) is 3.12. The molecular formula is C20H30N2O3. The fraction of sp³-hybridized carbons (Fsp3) is 0.600. The van der Waals surface area contributed by atoms with Crippen molar-refractivity contribution in [2.75, 3.05) is 13.2 Å². The Bertz CT molecular complexity index is 541. The largest absolute Gasteiger partial charge is 0.378 e. The number of rotatable bonds is 9. The summed E-state index contributed by atoms with van der Waals surface area (Å²) in [4.78, 5) is 25.7. The minimum absolute atomic E-state index is 0.000785. The molecule has 0 aromatic heterocycles. The van der Waals surface area contributed by atoms with E-state index in [-0.39, 0.29) is 17.9 Å². The van der Waals surface area contributed by atoms with Gasteiger partial charge in [0.25, 0.3) is 0 Å². The summed E-state index contributed by atoms with van der Waals surface area (Å²) in [6, 6.07) is 9.97. The monoisotopic (exact) mass is 346 g/mol. The first kappa shape index (κ1) is 19.4. The smallest absolute Gasteiger partial charge is 0.221 e. The number of amides is 2. The van der Waals surface area contributed by atoms with Crippen molar-refractivity contribution in [2.24, 2.45) is 0 Å². The predicted molar refractivity (Wildman–Crippen MR) is 98.0 cm³/mol. The first-order valence-corrected chi connectivity index (χ1v) is 9.25. The summed E-state index contributed by atoms with van der Waals surface area (Å²) < 4.78 is 5.61. The topological polar surface area (TPSA) is 58.6 Å². The highest BCUT2D eigenvalue weighted by molar-refractivity contribution is 5.78. The molecule has 138 valence electrons. The van der Waals surface area contributed by atoms with Gasteiger partial charge in [-0.05, 0) is 38.2 Å². The third-order valence-corrected chi connectivity index (χ3v) is 4.62. The normalized spacial score (nSPS) is 17.9. The van der Waals surface area contributed by atoms with Crippen LogP contribution in [0.3, 0.4) is 0 Å². The van der Waals surface area contributed by atoms with Crippen molar-refractivity contribution in [1.29, 1.82) is 0 Å². The van der Waals surface area contributed by atoms with Gasteiger partial charge < -0.3 is 15.0 Å². The van der Waals surface area contributed by atoms with Crippen molar-refractivity contribution in [3.63, 3.8) is 0 Å². The number of ether oxygens (including phenoxy) is 1. The van der Waals surface area contributed by atoms with Crippen LogP contribution in [0.4, 0.5) is 0 Å². The van der Waals surface area contributed by atoms with Crippen molar-refractivity contribution in [2.45, 2.75) is 64.6 Å². The van der Waals surface area contributed by atoms with E-state index in [0.29, 0.717) is 25.6 Å². The molecule has 0 radical (unpaired) electrons. The molecule has 2 rings (SSSR count). The number of nitrogens with zero attached hydrogens (tertiary/aromatic N) is 1. The molecule has 1 aromatic rings. The summed E-state index contributed by atoms with van der Waals surface area (Å²) in [6.07, 6.45) is 4.89. The summed E-state index contributed by atoms with van der Waals surface area (Å²) in [5.74, 6) is -0.0118. The minimum atomic E-state index is -0.0110. The Hall–Kier alpha value is -1.88. The quantitative estimate of drug-likeness (QED) is 0.748. The van der Waals surface area contributed by atoms with Crippen LogP contribution < -0.4 is 5.32 Å². The minimum Gasteiger partial charge on any atom is -0.378 e. The first-order valence-electron chi connectivity index (χ1n) is 9.25. The zero-order valence-electron chi connectivity index (χ0n) is 15.4. The summed E-state index contributed by atoms with van der Waals surface area (Å²) >= 11 is 0. The van der Waals surface area contributed by atoms with Crippen LogP contribution in [0.2, 0.25) is 0 Å². The maximum Gasteiger partial charge on any atom is 0.221 e. The summed E-state index contributed by atoms with van der Waals surface area (Å²) in [7, 11) is 0. The summed E-state index contributed by atoms with van der Waals surface area (Å²) in [6.45, 7) is 5.42. The first-order chi connectivity index (χ1) is 12.0. The van der Waals surface area contributed by atoms with Crippen LogP contribution in [0.15, 0.2) is 30.3 Å². The Labute approximate surface area is 150 Å². The molecule has 2 amide bonds. The molecular weight excluding hydrogens is 316 g/mol. The number of hydrogen-bond donors (Lipinski definition) is 1. The van der Waals surface area contributed by atoms with Crippen LogP contribution >= 0.6 is 0 Å². The van der Waals surface area contributed by atoms with Gasteiger partial charge in [0.1, 0.15) is 0 Å². The van der Waals surface area contributed by atoms with E-state index in [1.807, 2.05) is 37.3 Å². The van der Waals surface area contributed by atoms with Crippen LogP contribution in [-0.4, -0.2) is 42.0 Å². The van der Waals surface area contributed by atoms with Gasteiger partial charge in [-0.3, -0.25) is 9.59 Å². The SMILES string of the molecule is CC(=O)N(CCC(=O)N[C@H](C)CC[C@H]1CCCO1)Cc1ccccc1. The zero-order valence-corrected chi connectivity index (χ0v) is 15.4. The highest BCUT2D eigenvalue weighted by Crippen LogP contribution is 2.17. The highest BCUT2D eigenvalue weighted by Gasteiger charge is 2.17. The van der Waals surface area contributed by atoms with Crippen LogP contribution in [0.5, 0.6) is 0 Å². The van der Waals surface area contributed by atoms with Gasteiger partial charge in [-0.2, -0.15) is 0 Å². The number of hydrogen-bond acceptors (Lipinski definition) is 3. The van der Waals surface area contributed by atoms with E-state index in [2.05, 4.69) is 5.32 Å². The Balaban J connectivity index is 1.69. The molecule has 5 heteroatoms. The molecule has 1 fully saturated rings. The molecule has 25 heavy (non-hydrogen) atoms. The van der Waals surface area contributed by atoms with E-state index in [9.17, 15) is 9.59 Å². The summed E-state index contributed by atoms with van der Waals surface area (Å²) in [5.41, 5.74) is 1.07. The van der Waals surface area contributed by atoms with Gasteiger partial charge in [-0.1, -0.05) is 30.3 Å². The molecule has 0 unspecified atom stereocenters. The van der Waals surface area contributed by atoms with E-state index in [1.165, 1.54) is 0 Å². The molecule has 1 heterocycles. The zero-order chi connectivity index (χ0) is 18.1. The molecule has 0 spiro atoms. The molecule has 1 N–H and O–H groups in total. The molecule has 1 saturated heterocycles. The van der Waals surface area contributed by atoms with Gasteiger partial charge in [0.2, 0.25) is 11.8 Å². The molecule has 0 aliphatic carbocycles. The highest BCUT2D eigenvalue weighted by atomic mass is 16.5. The van der Waals surface area contributed by atoms with Crippen molar-refractivity contribution in [3.8, 4) is 0 Å². The van der Waals surface area contributed by atoms with Gasteiger partial charge in [-0.25, -0.2) is 0 Å². The van der Waals surface area contributed by atoms with Crippen molar-refractivity contribution < 1.29 is 14.3 Å². The van der Waals surface area contributed by atoms with E-state index in [1.54, 1.807) is 11.8 Å². The van der Waals surface area contributed by atoms with Gasteiger partial charge >= 0.3 is 0 Å². The lowest BCUT2D eigenvalue weighted by Crippen LogP contribution is -2.37. The molecule has 5 nitrogen and oxygen atoms in total. The van der Waals surface area contributed by atoms with Gasteiger partial charge in [0.05, 0.1) is 6.10 Å². The number of carbonyl (C=O) groups excluding carboxylic acids is 2. The Morgan fingerprint density at radius 2 is 2.08 bits per heavy atom. The molecule has 0 bridgehead atoms. The molecule has 1 aromatic carbocycles. The predicted octanol–water partition coefficient (Wildman–Crippen LogP) is 2.89. The van der Waals surface area contributed by atoms with Crippen molar-refractivity contribution in [1.82, 2.24) is 10.2 Å².